The first-order chi connectivity index (χ1) is 9.70. The number of benzene rings is 2. The predicted molar refractivity (Wildman–Crippen MR) is 79.0 cm³/mol. The van der Waals surface area contributed by atoms with E-state index in [2.05, 4.69) is 0 Å². The van der Waals surface area contributed by atoms with E-state index >= 15 is 0 Å². The molecule has 0 radical (unpaired) electrons. The molecule has 3 rings (SSSR count). The van der Waals surface area contributed by atoms with Gasteiger partial charge in [-0.05, 0) is 36.2 Å². The molecule has 20 heavy (non-hydrogen) atoms. The minimum Gasteiger partial charge on any atom is -0.497 e. The van der Waals surface area contributed by atoms with Crippen LogP contribution < -0.4 is 9.64 Å². The fourth-order valence-electron chi connectivity index (χ4n) is 2.67. The van der Waals surface area contributed by atoms with E-state index in [-0.39, 0.29) is 11.8 Å². The first-order valence-corrected chi connectivity index (χ1v) is 6.74. The van der Waals surface area contributed by atoms with Gasteiger partial charge in [-0.25, -0.2) is 0 Å². The Morgan fingerprint density at radius 2 is 1.90 bits per heavy atom. The Bertz CT molecular complexity index is 637. The number of anilines is 1. The summed E-state index contributed by atoms with van der Waals surface area (Å²) in [6.07, 6.45) is 0. The Kier molecular flexibility index (Phi) is 3.18. The summed E-state index contributed by atoms with van der Waals surface area (Å²) in [4.78, 5) is 14.3. The van der Waals surface area contributed by atoms with Gasteiger partial charge in [0.1, 0.15) is 5.75 Å². The molecule has 1 amide bonds. The molecule has 3 heteroatoms. The van der Waals surface area contributed by atoms with Gasteiger partial charge in [0.15, 0.2) is 0 Å². The average molecular weight is 267 g/mol. The number of rotatable bonds is 3. The molecule has 1 unspecified atom stereocenters. The van der Waals surface area contributed by atoms with Crippen molar-refractivity contribution in [3.63, 3.8) is 0 Å². The van der Waals surface area contributed by atoms with E-state index in [1.54, 1.807) is 7.11 Å². The zero-order valence-corrected chi connectivity index (χ0v) is 11.7. The number of hydrogen-bond acceptors (Lipinski definition) is 2. The lowest BCUT2D eigenvalue weighted by molar-refractivity contribution is -0.119. The summed E-state index contributed by atoms with van der Waals surface area (Å²) in [5.74, 6) is 0.839. The fourth-order valence-corrected chi connectivity index (χ4v) is 2.67. The lowest BCUT2D eigenvalue weighted by Crippen LogP contribution is -2.27. The van der Waals surface area contributed by atoms with Crippen molar-refractivity contribution >= 4 is 11.6 Å². The maximum absolute atomic E-state index is 12.5. The molecule has 2 aromatic rings. The Morgan fingerprint density at radius 3 is 2.60 bits per heavy atom. The summed E-state index contributed by atoms with van der Waals surface area (Å²) >= 11 is 0. The van der Waals surface area contributed by atoms with Gasteiger partial charge in [0, 0.05) is 5.69 Å². The highest BCUT2D eigenvalue weighted by atomic mass is 16.5. The molecule has 1 heterocycles. The van der Waals surface area contributed by atoms with Crippen LogP contribution in [0.2, 0.25) is 0 Å². The van der Waals surface area contributed by atoms with Gasteiger partial charge in [0.05, 0.1) is 19.6 Å². The second kappa shape index (κ2) is 5.00. The highest BCUT2D eigenvalue weighted by Crippen LogP contribution is 2.39. The molecule has 3 nitrogen and oxygen atoms in total. The van der Waals surface area contributed by atoms with Crippen molar-refractivity contribution in [1.82, 2.24) is 0 Å². The maximum Gasteiger partial charge on any atom is 0.234 e. The van der Waals surface area contributed by atoms with Crippen LogP contribution in [0, 0.1) is 0 Å². The van der Waals surface area contributed by atoms with Gasteiger partial charge < -0.3 is 9.64 Å². The monoisotopic (exact) mass is 267 g/mol. The van der Waals surface area contributed by atoms with E-state index in [9.17, 15) is 4.79 Å². The molecule has 0 fully saturated rings. The van der Waals surface area contributed by atoms with E-state index < -0.39 is 0 Å². The van der Waals surface area contributed by atoms with Crippen LogP contribution in [0.15, 0.2) is 48.5 Å². The number of carbonyl (C=O) groups excluding carboxylic acids is 1. The highest BCUT2D eigenvalue weighted by molar-refractivity contribution is 6.04. The third kappa shape index (κ3) is 2.05. The lowest BCUT2D eigenvalue weighted by atomic mass is 10.0. The number of hydrogen-bond donors (Lipinski definition) is 0. The topological polar surface area (TPSA) is 29.5 Å². The Hall–Kier alpha value is -2.29. The van der Waals surface area contributed by atoms with Crippen LogP contribution in [-0.4, -0.2) is 13.0 Å². The third-order valence-electron chi connectivity index (χ3n) is 3.81. The lowest BCUT2D eigenvalue weighted by Gasteiger charge is -2.18. The highest BCUT2D eigenvalue weighted by Gasteiger charge is 2.34. The summed E-state index contributed by atoms with van der Waals surface area (Å²) < 4.78 is 5.25. The number of methoxy groups -OCH3 is 1. The molecule has 1 atom stereocenters. The van der Waals surface area contributed by atoms with E-state index in [1.807, 2.05) is 60.4 Å². The molecule has 0 aromatic heterocycles. The van der Waals surface area contributed by atoms with E-state index in [1.165, 1.54) is 0 Å². The summed E-state index contributed by atoms with van der Waals surface area (Å²) in [7, 11) is 1.64. The van der Waals surface area contributed by atoms with Gasteiger partial charge in [-0.2, -0.15) is 0 Å². The predicted octanol–water partition coefficient (Wildman–Crippen LogP) is 3.35. The molecule has 0 N–H and O–H groups in total. The van der Waals surface area contributed by atoms with Gasteiger partial charge in [-0.1, -0.05) is 30.3 Å². The second-order valence-corrected chi connectivity index (χ2v) is 5.06. The SMILES string of the molecule is COc1ccc2c(c1)C(C)C(=O)N2Cc1ccccc1. The summed E-state index contributed by atoms with van der Waals surface area (Å²) in [6.45, 7) is 2.56. The van der Waals surface area contributed by atoms with Crippen LogP contribution in [0.4, 0.5) is 5.69 Å². The molecular formula is C17H17NO2. The smallest absolute Gasteiger partial charge is 0.234 e. The molecule has 0 spiro atoms. The molecule has 0 saturated carbocycles. The molecule has 102 valence electrons. The first kappa shape index (κ1) is 12.7. The van der Waals surface area contributed by atoms with Crippen LogP contribution in [0.25, 0.3) is 0 Å². The Balaban J connectivity index is 1.96. The second-order valence-electron chi connectivity index (χ2n) is 5.06. The molecule has 1 aliphatic rings. The minimum atomic E-state index is -0.108. The Labute approximate surface area is 118 Å². The number of amides is 1. The molecule has 0 aliphatic carbocycles. The van der Waals surface area contributed by atoms with Crippen molar-refractivity contribution in [3.8, 4) is 5.75 Å². The average Bonchev–Trinajstić information content (AvgIpc) is 2.73. The van der Waals surface area contributed by atoms with E-state index in [0.717, 1.165) is 22.6 Å². The molecule has 0 bridgehead atoms. The quantitative estimate of drug-likeness (QED) is 0.853. The first-order valence-electron chi connectivity index (χ1n) is 6.74. The fraction of sp³-hybridized carbons (Fsp3) is 0.235. The van der Waals surface area contributed by atoms with Crippen molar-refractivity contribution in [2.45, 2.75) is 19.4 Å². The van der Waals surface area contributed by atoms with Gasteiger partial charge in [0.2, 0.25) is 5.91 Å². The van der Waals surface area contributed by atoms with Gasteiger partial charge in [0.25, 0.3) is 0 Å². The molecule has 2 aromatic carbocycles. The zero-order valence-electron chi connectivity index (χ0n) is 11.7. The maximum atomic E-state index is 12.5. The zero-order chi connectivity index (χ0) is 14.1. The third-order valence-corrected chi connectivity index (χ3v) is 3.81. The Morgan fingerprint density at radius 1 is 1.15 bits per heavy atom. The molecule has 0 saturated heterocycles. The normalized spacial score (nSPS) is 17.2. The van der Waals surface area contributed by atoms with Gasteiger partial charge in [-0.3, -0.25) is 4.79 Å². The standard InChI is InChI=1S/C17H17NO2/c1-12-15-10-14(20-2)8-9-16(15)18(17(12)19)11-13-6-4-3-5-7-13/h3-10,12H,11H2,1-2H3. The number of carbonyl (C=O) groups is 1. The van der Waals surface area contributed by atoms with Crippen molar-refractivity contribution < 1.29 is 9.53 Å². The van der Waals surface area contributed by atoms with Crippen molar-refractivity contribution in [3.05, 3.63) is 59.7 Å². The van der Waals surface area contributed by atoms with Crippen molar-refractivity contribution in [2.75, 3.05) is 12.0 Å². The van der Waals surface area contributed by atoms with Gasteiger partial charge in [-0.15, -0.1) is 0 Å². The number of fused-ring (bicyclic) bond motifs is 1. The summed E-state index contributed by atoms with van der Waals surface area (Å²) in [5, 5.41) is 0. The summed E-state index contributed by atoms with van der Waals surface area (Å²) in [6, 6.07) is 15.9. The molecule has 1 aliphatic heterocycles. The van der Waals surface area contributed by atoms with Crippen LogP contribution in [0.5, 0.6) is 5.75 Å². The number of ether oxygens (including phenoxy) is 1. The van der Waals surface area contributed by atoms with Crippen LogP contribution in [0.3, 0.4) is 0 Å². The van der Waals surface area contributed by atoms with Crippen LogP contribution >= 0.6 is 0 Å². The van der Waals surface area contributed by atoms with Crippen LogP contribution in [0.1, 0.15) is 24.0 Å². The molecular weight excluding hydrogens is 250 g/mol. The van der Waals surface area contributed by atoms with Gasteiger partial charge >= 0.3 is 0 Å². The largest absolute Gasteiger partial charge is 0.497 e. The van der Waals surface area contributed by atoms with Crippen molar-refractivity contribution in [2.24, 2.45) is 0 Å². The minimum absolute atomic E-state index is 0.108. The van der Waals surface area contributed by atoms with Crippen molar-refractivity contribution in [1.29, 1.82) is 0 Å². The van der Waals surface area contributed by atoms with Crippen LogP contribution in [-0.2, 0) is 11.3 Å². The van der Waals surface area contributed by atoms with E-state index in [4.69, 9.17) is 4.74 Å². The number of nitrogens with zero attached hydrogens (tertiary/aromatic N) is 1. The van der Waals surface area contributed by atoms with E-state index in [0.29, 0.717) is 6.54 Å². The summed E-state index contributed by atoms with van der Waals surface area (Å²) in [5.41, 5.74) is 3.18.